The summed E-state index contributed by atoms with van der Waals surface area (Å²) in [5, 5.41) is 21.4. The van der Waals surface area contributed by atoms with Gasteiger partial charge in [-0.25, -0.2) is 4.79 Å². The molecule has 1 aromatic heterocycles. The molecule has 0 radical (unpaired) electrons. The lowest BCUT2D eigenvalue weighted by atomic mass is 10.0. The highest BCUT2D eigenvalue weighted by molar-refractivity contribution is 5.89. The largest absolute Gasteiger partial charge is 0.508 e. The molecule has 3 aromatic rings. The molecule has 0 saturated carbocycles. The normalized spacial score (nSPS) is 11.1. The van der Waals surface area contributed by atoms with E-state index in [2.05, 4.69) is 13.8 Å². The summed E-state index contributed by atoms with van der Waals surface area (Å²) < 4.78 is 17.0. The number of rotatable bonds is 13. The maximum atomic E-state index is 12.9. The zero-order valence-electron chi connectivity index (χ0n) is 20.7. The van der Waals surface area contributed by atoms with Gasteiger partial charge in [0.05, 0.1) is 7.11 Å². The fraction of sp³-hybridized carbons (Fsp3) is 0.429. The smallest absolute Gasteiger partial charge is 0.347 e. The number of carbonyl (C=O) groups excluding carboxylic acids is 1. The van der Waals surface area contributed by atoms with E-state index in [4.69, 9.17) is 13.9 Å². The zero-order valence-corrected chi connectivity index (χ0v) is 20.7. The predicted molar refractivity (Wildman–Crippen MR) is 135 cm³/mol. The lowest BCUT2D eigenvalue weighted by Crippen LogP contribution is -2.07. The number of carbonyl (C=O) groups is 1. The Hall–Kier alpha value is -3.48. The third-order valence-corrected chi connectivity index (χ3v) is 5.90. The molecule has 0 bridgehead atoms. The van der Waals surface area contributed by atoms with Gasteiger partial charge in [-0.1, -0.05) is 39.5 Å². The van der Waals surface area contributed by atoms with Crippen molar-refractivity contribution >= 4 is 16.6 Å². The number of ketones is 1. The highest BCUT2D eigenvalue weighted by Crippen LogP contribution is 2.41. The van der Waals surface area contributed by atoms with Crippen LogP contribution in [0.15, 0.2) is 39.5 Å². The van der Waals surface area contributed by atoms with Gasteiger partial charge >= 0.3 is 5.63 Å². The molecule has 188 valence electrons. The Kier molecular flexibility index (Phi) is 9.18. The van der Waals surface area contributed by atoms with Crippen LogP contribution in [0, 0.1) is 0 Å². The Morgan fingerprint density at radius 1 is 0.971 bits per heavy atom. The van der Waals surface area contributed by atoms with Gasteiger partial charge in [-0.15, -0.1) is 0 Å². The topological polar surface area (TPSA) is 106 Å². The molecule has 0 atom stereocenters. The summed E-state index contributed by atoms with van der Waals surface area (Å²) in [6.07, 6.45) is 6.77. The maximum Gasteiger partial charge on any atom is 0.347 e. The van der Waals surface area contributed by atoms with Gasteiger partial charge in [0, 0.05) is 37.0 Å². The molecule has 35 heavy (non-hydrogen) atoms. The monoisotopic (exact) mass is 482 g/mol. The fourth-order valence-corrected chi connectivity index (χ4v) is 4.07. The minimum atomic E-state index is -0.554. The highest BCUT2D eigenvalue weighted by atomic mass is 16.5. The summed E-state index contributed by atoms with van der Waals surface area (Å²) in [4.78, 5) is 25.5. The first-order valence-electron chi connectivity index (χ1n) is 12.2. The summed E-state index contributed by atoms with van der Waals surface area (Å²) >= 11 is 0. The Morgan fingerprint density at radius 3 is 2.43 bits per heavy atom. The number of methoxy groups -OCH3 is 1. The lowest BCUT2D eigenvalue weighted by molar-refractivity contribution is -0.118. The van der Waals surface area contributed by atoms with Crippen molar-refractivity contribution in [1.82, 2.24) is 0 Å². The number of fused-ring (bicyclic) bond motifs is 1. The van der Waals surface area contributed by atoms with E-state index < -0.39 is 5.63 Å². The molecule has 0 saturated heterocycles. The molecule has 0 aliphatic carbocycles. The van der Waals surface area contributed by atoms with Gasteiger partial charge in [-0.3, -0.25) is 4.79 Å². The molecule has 7 heteroatoms. The average molecular weight is 483 g/mol. The van der Waals surface area contributed by atoms with Gasteiger partial charge in [-0.05, 0) is 36.4 Å². The number of hydrogen-bond donors (Lipinski definition) is 2. The van der Waals surface area contributed by atoms with E-state index in [1.807, 2.05) is 0 Å². The fourth-order valence-electron chi connectivity index (χ4n) is 4.07. The van der Waals surface area contributed by atoms with Gasteiger partial charge < -0.3 is 24.1 Å². The SMILES string of the molecule is CCCCCC(=O)Cc1cc(O)cc(O)c1Oc1cc(OC)cc2cc(CCCCC)oc(=O)c12. The lowest BCUT2D eigenvalue weighted by Gasteiger charge is -2.15. The van der Waals surface area contributed by atoms with Gasteiger partial charge in [0.25, 0.3) is 0 Å². The second-order valence-corrected chi connectivity index (χ2v) is 8.77. The second-order valence-electron chi connectivity index (χ2n) is 8.77. The van der Waals surface area contributed by atoms with E-state index in [1.165, 1.54) is 19.2 Å². The van der Waals surface area contributed by atoms with Crippen molar-refractivity contribution in [2.24, 2.45) is 0 Å². The molecular formula is C28H34O7. The summed E-state index contributed by atoms with van der Waals surface area (Å²) in [6.45, 7) is 4.17. The quantitative estimate of drug-likeness (QED) is 0.270. The average Bonchev–Trinajstić information content (AvgIpc) is 2.81. The summed E-state index contributed by atoms with van der Waals surface area (Å²) in [5.41, 5.74) is -0.220. The van der Waals surface area contributed by atoms with Gasteiger partial charge in [-0.2, -0.15) is 0 Å². The van der Waals surface area contributed by atoms with Crippen LogP contribution in [0.4, 0.5) is 0 Å². The van der Waals surface area contributed by atoms with Crippen molar-refractivity contribution in [2.75, 3.05) is 7.11 Å². The number of phenols is 2. The highest BCUT2D eigenvalue weighted by Gasteiger charge is 2.20. The molecular weight excluding hydrogens is 448 g/mol. The standard InChI is InChI=1S/C28H34O7/c1-4-6-8-10-20(29)12-19-13-21(30)16-24(31)27(19)35-25-17-23(33-3)15-18-14-22(11-9-7-5-2)34-28(32)26(18)25/h13-17,30-31H,4-12H2,1-3H3. The van der Waals surface area contributed by atoms with Crippen LogP contribution in [0.25, 0.3) is 10.8 Å². The Balaban J connectivity index is 2.02. The van der Waals surface area contributed by atoms with E-state index in [9.17, 15) is 19.8 Å². The Morgan fingerprint density at radius 2 is 1.71 bits per heavy atom. The first-order chi connectivity index (χ1) is 16.9. The minimum Gasteiger partial charge on any atom is -0.508 e. The first kappa shape index (κ1) is 26.1. The van der Waals surface area contributed by atoms with E-state index in [1.54, 1.807) is 12.1 Å². The third kappa shape index (κ3) is 6.78. The van der Waals surface area contributed by atoms with E-state index in [0.29, 0.717) is 35.3 Å². The Labute approximate surface area is 205 Å². The number of unbranched alkanes of at least 4 members (excludes halogenated alkanes) is 4. The molecule has 3 rings (SSSR count). The summed E-state index contributed by atoms with van der Waals surface area (Å²) in [6, 6.07) is 7.60. The molecule has 1 heterocycles. The van der Waals surface area contributed by atoms with E-state index >= 15 is 0 Å². The van der Waals surface area contributed by atoms with Crippen LogP contribution in [0.1, 0.15) is 70.1 Å². The predicted octanol–water partition coefficient (Wildman–Crippen LogP) is 6.43. The van der Waals surface area contributed by atoms with Crippen LogP contribution >= 0.6 is 0 Å². The molecule has 2 aromatic carbocycles. The van der Waals surface area contributed by atoms with Gasteiger partial charge in [0.1, 0.15) is 34.2 Å². The number of hydrogen-bond acceptors (Lipinski definition) is 7. The summed E-state index contributed by atoms with van der Waals surface area (Å²) in [5.74, 6) is 0.645. The van der Waals surface area contributed by atoms with Crippen LogP contribution in [-0.4, -0.2) is 23.1 Å². The number of phenolic OH excluding ortho intramolecular Hbond substituents is 2. The molecule has 2 N–H and O–H groups in total. The molecule has 7 nitrogen and oxygen atoms in total. The van der Waals surface area contributed by atoms with Crippen LogP contribution in [0.2, 0.25) is 0 Å². The molecule has 0 aliphatic heterocycles. The maximum absolute atomic E-state index is 12.9. The molecule has 0 spiro atoms. The van der Waals surface area contributed by atoms with Crippen molar-refractivity contribution in [1.29, 1.82) is 0 Å². The number of aryl methyl sites for hydroxylation is 1. The Bertz CT molecular complexity index is 1230. The number of benzene rings is 2. The molecule has 0 aliphatic rings. The van der Waals surface area contributed by atoms with Crippen molar-refractivity contribution in [3.05, 3.63) is 52.1 Å². The van der Waals surface area contributed by atoms with Crippen LogP contribution in [0.3, 0.4) is 0 Å². The number of ether oxygens (including phenoxy) is 2. The second kappa shape index (κ2) is 12.3. The first-order valence-corrected chi connectivity index (χ1v) is 12.2. The van der Waals surface area contributed by atoms with E-state index in [-0.39, 0.29) is 40.6 Å². The molecule has 0 amide bonds. The number of Topliss-reactive ketones (excluding diaryl/α,β-unsaturated/α-hetero) is 1. The summed E-state index contributed by atoms with van der Waals surface area (Å²) in [7, 11) is 1.51. The van der Waals surface area contributed by atoms with Gasteiger partial charge in [0.2, 0.25) is 0 Å². The molecule has 0 unspecified atom stereocenters. The third-order valence-electron chi connectivity index (χ3n) is 5.90. The van der Waals surface area contributed by atoms with Crippen LogP contribution in [0.5, 0.6) is 28.7 Å². The van der Waals surface area contributed by atoms with Crippen LogP contribution < -0.4 is 15.1 Å². The van der Waals surface area contributed by atoms with Crippen molar-refractivity contribution in [3.8, 4) is 28.7 Å². The van der Waals surface area contributed by atoms with E-state index in [0.717, 1.165) is 44.6 Å². The van der Waals surface area contributed by atoms with Crippen LogP contribution in [-0.2, 0) is 17.6 Å². The van der Waals surface area contributed by atoms with Crippen molar-refractivity contribution in [2.45, 2.75) is 71.6 Å². The minimum absolute atomic E-state index is 0.00705. The number of aromatic hydroxyl groups is 2. The zero-order chi connectivity index (χ0) is 25.4. The molecule has 0 fully saturated rings. The van der Waals surface area contributed by atoms with Gasteiger partial charge in [0.15, 0.2) is 11.5 Å². The van der Waals surface area contributed by atoms with Crippen molar-refractivity contribution < 1.29 is 28.9 Å². The van der Waals surface area contributed by atoms with Crippen molar-refractivity contribution in [3.63, 3.8) is 0 Å².